The molecule has 2 atom stereocenters. The highest BCUT2D eigenvalue weighted by Crippen LogP contribution is 2.42. The van der Waals surface area contributed by atoms with E-state index in [1.807, 2.05) is 6.07 Å². The van der Waals surface area contributed by atoms with Gasteiger partial charge in [0.05, 0.1) is 7.11 Å². The number of hydrogen-bond acceptors (Lipinski definition) is 2. The molecule has 1 aliphatic rings. The lowest BCUT2D eigenvalue weighted by atomic mass is 10.0. The fourth-order valence-electron chi connectivity index (χ4n) is 2.38. The third kappa shape index (κ3) is 1.40. The van der Waals surface area contributed by atoms with Crippen LogP contribution in [0.5, 0.6) is 5.75 Å². The summed E-state index contributed by atoms with van der Waals surface area (Å²) in [6, 6.07) is 6.34. The van der Waals surface area contributed by atoms with Crippen molar-refractivity contribution in [2.24, 2.45) is 5.73 Å². The lowest BCUT2D eigenvalue weighted by Crippen LogP contribution is -2.09. The first-order chi connectivity index (χ1) is 6.76. The molecule has 0 bridgehead atoms. The van der Waals surface area contributed by atoms with Gasteiger partial charge in [0, 0.05) is 0 Å². The summed E-state index contributed by atoms with van der Waals surface area (Å²) in [6.07, 6.45) is 1.18. The van der Waals surface area contributed by atoms with E-state index >= 15 is 0 Å². The average molecular weight is 191 g/mol. The van der Waals surface area contributed by atoms with Gasteiger partial charge in [-0.2, -0.15) is 0 Å². The second-order valence-electron chi connectivity index (χ2n) is 4.06. The molecular weight excluding hydrogens is 174 g/mol. The molecule has 2 N–H and O–H groups in total. The van der Waals surface area contributed by atoms with E-state index in [2.05, 4.69) is 19.1 Å². The highest BCUT2D eigenvalue weighted by molar-refractivity contribution is 5.43. The summed E-state index contributed by atoms with van der Waals surface area (Å²) in [7, 11) is 1.71. The van der Waals surface area contributed by atoms with E-state index in [0.717, 1.165) is 12.3 Å². The van der Waals surface area contributed by atoms with Crippen LogP contribution in [0.2, 0.25) is 0 Å². The van der Waals surface area contributed by atoms with Gasteiger partial charge in [-0.15, -0.1) is 0 Å². The molecular formula is C12H17NO. The normalized spacial score (nSPS) is 24.8. The summed E-state index contributed by atoms with van der Waals surface area (Å²) in [6.45, 7) is 3.01. The van der Waals surface area contributed by atoms with Crippen LogP contribution in [0, 0.1) is 0 Å². The molecule has 0 fully saturated rings. The third-order valence-electron chi connectivity index (χ3n) is 3.19. The van der Waals surface area contributed by atoms with Crippen molar-refractivity contribution in [1.82, 2.24) is 0 Å². The molecule has 1 aromatic carbocycles. The number of ether oxygens (including phenoxy) is 1. The van der Waals surface area contributed by atoms with Gasteiger partial charge >= 0.3 is 0 Å². The molecule has 0 saturated heterocycles. The number of fused-ring (bicyclic) bond motifs is 1. The number of hydrogen-bond donors (Lipinski definition) is 1. The Bertz CT molecular complexity index is 335. The van der Waals surface area contributed by atoms with Crippen LogP contribution in [-0.4, -0.2) is 13.7 Å². The predicted molar refractivity (Wildman–Crippen MR) is 57.8 cm³/mol. The van der Waals surface area contributed by atoms with Gasteiger partial charge in [0.1, 0.15) is 5.75 Å². The Balaban J connectivity index is 2.41. The molecule has 1 aromatic rings. The van der Waals surface area contributed by atoms with Crippen LogP contribution in [0.4, 0.5) is 0 Å². The smallest absolute Gasteiger partial charge is 0.119 e. The van der Waals surface area contributed by atoms with Gasteiger partial charge in [-0.3, -0.25) is 0 Å². The van der Waals surface area contributed by atoms with Crippen LogP contribution in [0.15, 0.2) is 18.2 Å². The lowest BCUT2D eigenvalue weighted by Gasteiger charge is -2.08. The summed E-state index contributed by atoms with van der Waals surface area (Å²) >= 11 is 0. The van der Waals surface area contributed by atoms with Crippen LogP contribution >= 0.6 is 0 Å². The largest absolute Gasteiger partial charge is 0.497 e. The lowest BCUT2D eigenvalue weighted by molar-refractivity contribution is 0.414. The second kappa shape index (κ2) is 3.62. The fourth-order valence-corrected chi connectivity index (χ4v) is 2.38. The minimum atomic E-state index is 0.547. The Labute approximate surface area is 85.1 Å². The Kier molecular flexibility index (Phi) is 2.46. The monoisotopic (exact) mass is 191 g/mol. The van der Waals surface area contributed by atoms with Crippen molar-refractivity contribution in [2.75, 3.05) is 13.7 Å². The van der Waals surface area contributed by atoms with Crippen LogP contribution in [0.25, 0.3) is 0 Å². The maximum absolute atomic E-state index is 5.75. The van der Waals surface area contributed by atoms with E-state index in [1.54, 1.807) is 7.11 Å². The Morgan fingerprint density at radius 3 is 2.86 bits per heavy atom. The quantitative estimate of drug-likeness (QED) is 0.778. The zero-order chi connectivity index (χ0) is 10.1. The summed E-state index contributed by atoms with van der Waals surface area (Å²) in [5.41, 5.74) is 8.58. The molecule has 2 nitrogen and oxygen atoms in total. The minimum Gasteiger partial charge on any atom is -0.497 e. The van der Waals surface area contributed by atoms with Crippen molar-refractivity contribution in [1.29, 1.82) is 0 Å². The van der Waals surface area contributed by atoms with Crippen molar-refractivity contribution in [2.45, 2.75) is 25.2 Å². The summed E-state index contributed by atoms with van der Waals surface area (Å²) in [5, 5.41) is 0. The minimum absolute atomic E-state index is 0.547. The van der Waals surface area contributed by atoms with Crippen LogP contribution in [0.1, 0.15) is 36.3 Å². The van der Waals surface area contributed by atoms with Gasteiger partial charge in [0.2, 0.25) is 0 Å². The van der Waals surface area contributed by atoms with E-state index in [4.69, 9.17) is 10.5 Å². The summed E-state index contributed by atoms with van der Waals surface area (Å²) in [5.74, 6) is 2.12. The van der Waals surface area contributed by atoms with E-state index in [0.29, 0.717) is 11.8 Å². The third-order valence-corrected chi connectivity index (χ3v) is 3.19. The summed E-state index contributed by atoms with van der Waals surface area (Å²) in [4.78, 5) is 0. The van der Waals surface area contributed by atoms with E-state index in [-0.39, 0.29) is 0 Å². The number of rotatable bonds is 2. The van der Waals surface area contributed by atoms with Gasteiger partial charge in [-0.1, -0.05) is 13.0 Å². The van der Waals surface area contributed by atoms with E-state index in [9.17, 15) is 0 Å². The molecule has 2 unspecified atom stereocenters. The molecule has 0 saturated carbocycles. The maximum atomic E-state index is 5.75. The van der Waals surface area contributed by atoms with Gasteiger partial charge in [-0.25, -0.2) is 0 Å². The van der Waals surface area contributed by atoms with E-state index in [1.165, 1.54) is 17.5 Å². The molecule has 14 heavy (non-hydrogen) atoms. The van der Waals surface area contributed by atoms with Gasteiger partial charge < -0.3 is 10.5 Å². The molecule has 0 aromatic heterocycles. The molecule has 0 spiro atoms. The molecule has 0 heterocycles. The predicted octanol–water partition coefficient (Wildman–Crippen LogP) is 2.24. The zero-order valence-electron chi connectivity index (χ0n) is 8.79. The molecule has 0 radical (unpaired) electrons. The second-order valence-corrected chi connectivity index (χ2v) is 4.06. The highest BCUT2D eigenvalue weighted by atomic mass is 16.5. The topological polar surface area (TPSA) is 35.2 Å². The van der Waals surface area contributed by atoms with E-state index < -0.39 is 0 Å². The number of benzene rings is 1. The van der Waals surface area contributed by atoms with Gasteiger partial charge in [-0.05, 0) is 48.1 Å². The molecule has 2 rings (SSSR count). The van der Waals surface area contributed by atoms with Crippen molar-refractivity contribution < 1.29 is 4.74 Å². The van der Waals surface area contributed by atoms with Gasteiger partial charge in [0.15, 0.2) is 0 Å². The fraction of sp³-hybridized carbons (Fsp3) is 0.500. The van der Waals surface area contributed by atoms with Crippen molar-refractivity contribution >= 4 is 0 Å². The summed E-state index contributed by atoms with van der Waals surface area (Å²) < 4.78 is 5.23. The van der Waals surface area contributed by atoms with Crippen molar-refractivity contribution in [3.63, 3.8) is 0 Å². The Hall–Kier alpha value is -1.02. The Morgan fingerprint density at radius 2 is 2.21 bits per heavy atom. The van der Waals surface area contributed by atoms with Gasteiger partial charge in [0.25, 0.3) is 0 Å². The van der Waals surface area contributed by atoms with Crippen LogP contribution in [0.3, 0.4) is 0 Å². The number of nitrogens with two attached hydrogens (primary N) is 1. The molecule has 1 aliphatic carbocycles. The van der Waals surface area contributed by atoms with Crippen molar-refractivity contribution in [3.05, 3.63) is 29.3 Å². The molecule has 2 heteroatoms. The standard InChI is InChI=1S/C12H17NO/c1-8-5-9(7-13)11-4-3-10(14-2)6-12(8)11/h3-4,6,8-9H,5,7,13H2,1-2H3. The Morgan fingerprint density at radius 1 is 1.43 bits per heavy atom. The first-order valence-electron chi connectivity index (χ1n) is 5.14. The average Bonchev–Trinajstić information content (AvgIpc) is 2.55. The SMILES string of the molecule is COc1ccc2c(c1)C(C)CC2CN. The maximum Gasteiger partial charge on any atom is 0.119 e. The number of methoxy groups -OCH3 is 1. The van der Waals surface area contributed by atoms with Crippen LogP contribution in [-0.2, 0) is 0 Å². The van der Waals surface area contributed by atoms with Crippen molar-refractivity contribution in [3.8, 4) is 5.75 Å². The first kappa shape index (κ1) is 9.53. The molecule has 0 amide bonds. The zero-order valence-corrected chi connectivity index (χ0v) is 8.79. The van der Waals surface area contributed by atoms with Crippen LogP contribution < -0.4 is 10.5 Å². The molecule has 76 valence electrons. The first-order valence-corrected chi connectivity index (χ1v) is 5.14. The highest BCUT2D eigenvalue weighted by Gasteiger charge is 2.27. The molecule has 0 aliphatic heterocycles.